The van der Waals surface area contributed by atoms with Crippen LogP contribution in [0.5, 0.6) is 0 Å². The SMILES string of the molecule is C/C=C/C1(C)CCC(O)C(C)(C)O1. The molecule has 1 rings (SSSR count). The number of ether oxygens (including phenoxy) is 1. The van der Waals surface area contributed by atoms with Crippen molar-refractivity contribution in [2.45, 2.75) is 57.8 Å². The Bertz CT molecular complexity index is 208. The van der Waals surface area contributed by atoms with E-state index in [1.807, 2.05) is 26.8 Å². The highest BCUT2D eigenvalue weighted by molar-refractivity contribution is 5.04. The molecule has 1 aliphatic heterocycles. The Hall–Kier alpha value is -0.340. The maximum Gasteiger partial charge on any atom is 0.0895 e. The van der Waals surface area contributed by atoms with Gasteiger partial charge in [-0.2, -0.15) is 0 Å². The Labute approximate surface area is 80.6 Å². The van der Waals surface area contributed by atoms with Gasteiger partial charge in [0.05, 0.1) is 17.3 Å². The summed E-state index contributed by atoms with van der Waals surface area (Å²) < 4.78 is 5.88. The van der Waals surface area contributed by atoms with Gasteiger partial charge >= 0.3 is 0 Å². The van der Waals surface area contributed by atoms with E-state index in [0.29, 0.717) is 0 Å². The Kier molecular flexibility index (Phi) is 2.83. The first-order valence-corrected chi connectivity index (χ1v) is 4.92. The van der Waals surface area contributed by atoms with E-state index in [1.54, 1.807) is 0 Å². The molecule has 76 valence electrons. The molecule has 0 aromatic heterocycles. The lowest BCUT2D eigenvalue weighted by molar-refractivity contribution is -0.195. The summed E-state index contributed by atoms with van der Waals surface area (Å²) in [5.41, 5.74) is -0.621. The van der Waals surface area contributed by atoms with Crippen LogP contribution in [0, 0.1) is 0 Å². The molecule has 0 amide bonds. The number of hydrogen-bond acceptors (Lipinski definition) is 2. The van der Waals surface area contributed by atoms with E-state index in [2.05, 4.69) is 13.0 Å². The summed E-state index contributed by atoms with van der Waals surface area (Å²) in [6.45, 7) is 7.95. The third-order valence-corrected chi connectivity index (χ3v) is 2.73. The lowest BCUT2D eigenvalue weighted by atomic mass is 9.85. The van der Waals surface area contributed by atoms with Crippen LogP contribution in [0.3, 0.4) is 0 Å². The Morgan fingerprint density at radius 2 is 2.00 bits per heavy atom. The first kappa shape index (κ1) is 10.7. The van der Waals surface area contributed by atoms with Crippen LogP contribution in [0.25, 0.3) is 0 Å². The first-order chi connectivity index (χ1) is 5.90. The summed E-state index contributed by atoms with van der Waals surface area (Å²) in [6, 6.07) is 0. The molecule has 2 nitrogen and oxygen atoms in total. The highest BCUT2D eigenvalue weighted by atomic mass is 16.5. The van der Waals surface area contributed by atoms with Gasteiger partial charge < -0.3 is 9.84 Å². The van der Waals surface area contributed by atoms with Gasteiger partial charge in [0, 0.05) is 0 Å². The van der Waals surface area contributed by atoms with Gasteiger partial charge in [0.1, 0.15) is 0 Å². The van der Waals surface area contributed by atoms with Gasteiger partial charge in [-0.1, -0.05) is 12.2 Å². The third kappa shape index (κ3) is 2.32. The molecule has 0 aromatic rings. The molecule has 2 unspecified atom stereocenters. The predicted molar refractivity (Wildman–Crippen MR) is 53.6 cm³/mol. The molecule has 1 aliphatic rings. The molecule has 1 saturated heterocycles. The van der Waals surface area contributed by atoms with Crippen molar-refractivity contribution in [2.75, 3.05) is 0 Å². The van der Waals surface area contributed by atoms with Crippen molar-refractivity contribution >= 4 is 0 Å². The van der Waals surface area contributed by atoms with Gasteiger partial charge in [-0.25, -0.2) is 0 Å². The molecule has 1 heterocycles. The highest BCUT2D eigenvalue weighted by Gasteiger charge is 2.41. The fourth-order valence-electron chi connectivity index (χ4n) is 1.96. The van der Waals surface area contributed by atoms with Crippen LogP contribution in [-0.2, 0) is 4.74 Å². The number of allylic oxidation sites excluding steroid dienone is 1. The maximum atomic E-state index is 9.69. The van der Waals surface area contributed by atoms with Crippen molar-refractivity contribution in [3.05, 3.63) is 12.2 Å². The Morgan fingerprint density at radius 1 is 1.38 bits per heavy atom. The number of aliphatic hydroxyl groups is 1. The average Bonchev–Trinajstić information content (AvgIpc) is 1.97. The van der Waals surface area contributed by atoms with Crippen molar-refractivity contribution in [2.24, 2.45) is 0 Å². The van der Waals surface area contributed by atoms with Gasteiger partial charge in [0.2, 0.25) is 0 Å². The Morgan fingerprint density at radius 3 is 2.46 bits per heavy atom. The van der Waals surface area contributed by atoms with E-state index in [1.165, 1.54) is 0 Å². The molecule has 0 bridgehead atoms. The van der Waals surface area contributed by atoms with Crippen molar-refractivity contribution in [1.82, 2.24) is 0 Å². The second-order valence-corrected chi connectivity index (χ2v) is 4.57. The van der Waals surface area contributed by atoms with Crippen LogP contribution >= 0.6 is 0 Å². The second-order valence-electron chi connectivity index (χ2n) is 4.57. The van der Waals surface area contributed by atoms with Crippen molar-refractivity contribution in [1.29, 1.82) is 0 Å². The molecule has 13 heavy (non-hydrogen) atoms. The van der Waals surface area contributed by atoms with Gasteiger partial charge in [-0.05, 0) is 40.5 Å². The summed E-state index contributed by atoms with van der Waals surface area (Å²) in [5, 5.41) is 9.69. The van der Waals surface area contributed by atoms with E-state index >= 15 is 0 Å². The van der Waals surface area contributed by atoms with E-state index in [9.17, 15) is 5.11 Å². The zero-order valence-corrected chi connectivity index (χ0v) is 9.00. The van der Waals surface area contributed by atoms with E-state index in [0.717, 1.165) is 12.8 Å². The van der Waals surface area contributed by atoms with E-state index in [-0.39, 0.29) is 11.7 Å². The standard InChI is InChI=1S/C11H20O2/c1-5-7-11(4)8-6-9(12)10(2,3)13-11/h5,7,9,12H,6,8H2,1-4H3/b7-5+. The van der Waals surface area contributed by atoms with Crippen LogP contribution in [0.15, 0.2) is 12.2 Å². The largest absolute Gasteiger partial charge is 0.390 e. The van der Waals surface area contributed by atoms with Crippen molar-refractivity contribution < 1.29 is 9.84 Å². The molecule has 0 spiro atoms. The van der Waals surface area contributed by atoms with Gasteiger partial charge in [-0.3, -0.25) is 0 Å². The topological polar surface area (TPSA) is 29.5 Å². The summed E-state index contributed by atoms with van der Waals surface area (Å²) in [7, 11) is 0. The minimum absolute atomic E-state index is 0.197. The third-order valence-electron chi connectivity index (χ3n) is 2.73. The maximum absolute atomic E-state index is 9.69. The normalized spacial score (nSPS) is 39.6. The average molecular weight is 184 g/mol. The predicted octanol–water partition coefficient (Wildman–Crippen LogP) is 2.27. The van der Waals surface area contributed by atoms with Crippen LogP contribution < -0.4 is 0 Å². The summed E-state index contributed by atoms with van der Waals surface area (Å²) >= 11 is 0. The van der Waals surface area contributed by atoms with Crippen LogP contribution in [0.1, 0.15) is 40.5 Å². The number of hydrogen-bond donors (Lipinski definition) is 1. The van der Waals surface area contributed by atoms with E-state index < -0.39 is 5.60 Å². The lowest BCUT2D eigenvalue weighted by Gasteiger charge is -2.45. The summed E-state index contributed by atoms with van der Waals surface area (Å²) in [4.78, 5) is 0. The molecular weight excluding hydrogens is 164 g/mol. The van der Waals surface area contributed by atoms with Gasteiger partial charge in [0.15, 0.2) is 0 Å². The molecule has 0 saturated carbocycles. The molecule has 2 heteroatoms. The molecule has 0 aliphatic carbocycles. The molecule has 1 fully saturated rings. The smallest absolute Gasteiger partial charge is 0.0895 e. The monoisotopic (exact) mass is 184 g/mol. The minimum atomic E-state index is -0.424. The number of aliphatic hydroxyl groups excluding tert-OH is 1. The summed E-state index contributed by atoms with van der Waals surface area (Å²) in [5.74, 6) is 0. The van der Waals surface area contributed by atoms with Crippen LogP contribution in [0.4, 0.5) is 0 Å². The quantitative estimate of drug-likeness (QED) is 0.633. The van der Waals surface area contributed by atoms with E-state index in [4.69, 9.17) is 4.74 Å². The number of rotatable bonds is 1. The minimum Gasteiger partial charge on any atom is -0.390 e. The highest BCUT2D eigenvalue weighted by Crippen LogP contribution is 2.35. The Balaban J connectivity index is 2.75. The van der Waals surface area contributed by atoms with Gasteiger partial charge in [0.25, 0.3) is 0 Å². The van der Waals surface area contributed by atoms with Gasteiger partial charge in [-0.15, -0.1) is 0 Å². The molecular formula is C11H20O2. The first-order valence-electron chi connectivity index (χ1n) is 4.92. The molecule has 1 N–H and O–H groups in total. The molecule has 2 atom stereocenters. The zero-order valence-electron chi connectivity index (χ0n) is 9.00. The summed E-state index contributed by atoms with van der Waals surface area (Å²) in [6.07, 6.45) is 5.44. The lowest BCUT2D eigenvalue weighted by Crippen LogP contribution is -2.51. The zero-order chi connectivity index (χ0) is 10.1. The second kappa shape index (κ2) is 3.43. The molecule has 0 radical (unpaired) electrons. The van der Waals surface area contributed by atoms with Crippen molar-refractivity contribution in [3.63, 3.8) is 0 Å². The molecule has 0 aromatic carbocycles. The van der Waals surface area contributed by atoms with Crippen LogP contribution in [-0.4, -0.2) is 22.4 Å². The van der Waals surface area contributed by atoms with Crippen LogP contribution in [0.2, 0.25) is 0 Å². The fourth-order valence-corrected chi connectivity index (χ4v) is 1.96. The fraction of sp³-hybridized carbons (Fsp3) is 0.818. The van der Waals surface area contributed by atoms with Crippen molar-refractivity contribution in [3.8, 4) is 0 Å².